The summed E-state index contributed by atoms with van der Waals surface area (Å²) in [5.41, 5.74) is 1.45. The summed E-state index contributed by atoms with van der Waals surface area (Å²) in [6, 6.07) is 10.6. The van der Waals surface area contributed by atoms with E-state index < -0.39 is 18.4 Å². The fraction of sp³-hybridized carbons (Fsp3) is 0.333. The van der Waals surface area contributed by atoms with E-state index >= 15 is 0 Å². The molecule has 1 saturated heterocycles. The molecule has 2 amide bonds. The zero-order valence-electron chi connectivity index (χ0n) is 16.0. The van der Waals surface area contributed by atoms with Gasteiger partial charge in [-0.3, -0.25) is 19.2 Å². The Morgan fingerprint density at radius 3 is 2.52 bits per heavy atom. The van der Waals surface area contributed by atoms with E-state index in [1.165, 1.54) is 12.3 Å². The first kappa shape index (κ1) is 20.3. The molecule has 0 bridgehead atoms. The van der Waals surface area contributed by atoms with Gasteiger partial charge in [0, 0.05) is 24.8 Å². The van der Waals surface area contributed by atoms with E-state index in [0.717, 1.165) is 31.5 Å². The Balaban J connectivity index is 1.40. The Kier molecular flexibility index (Phi) is 6.78. The van der Waals surface area contributed by atoms with Crippen molar-refractivity contribution in [3.8, 4) is 0 Å². The van der Waals surface area contributed by atoms with Crippen LogP contribution in [0.3, 0.4) is 0 Å². The number of aromatic nitrogens is 1. The molecule has 3 rings (SSSR count). The molecule has 0 saturated carbocycles. The number of ketones is 1. The van der Waals surface area contributed by atoms with E-state index in [1.54, 1.807) is 4.90 Å². The molecule has 1 aromatic carbocycles. The number of ether oxygens (including phenoxy) is 1. The standard InChI is InChI=1S/C21H23N3O5/c25-18(16-11-17(22-12-16)21(28)24-8-4-5-9-24)14-29-20(27)13-23-19(26)10-15-6-2-1-3-7-15/h1-3,6-7,11-12,22H,4-5,8-10,13-14H2,(H,23,26). The zero-order chi connectivity index (χ0) is 20.6. The lowest BCUT2D eigenvalue weighted by Gasteiger charge is -2.13. The number of hydrogen-bond donors (Lipinski definition) is 2. The molecule has 0 radical (unpaired) electrons. The topological polar surface area (TPSA) is 109 Å². The van der Waals surface area contributed by atoms with Crippen molar-refractivity contribution >= 4 is 23.6 Å². The van der Waals surface area contributed by atoms with Gasteiger partial charge in [-0.15, -0.1) is 0 Å². The van der Waals surface area contributed by atoms with Gasteiger partial charge in [0.2, 0.25) is 11.7 Å². The summed E-state index contributed by atoms with van der Waals surface area (Å²) >= 11 is 0. The van der Waals surface area contributed by atoms with Crippen LogP contribution in [-0.4, -0.2) is 59.7 Å². The molecule has 0 unspecified atom stereocenters. The smallest absolute Gasteiger partial charge is 0.325 e. The number of H-pyrrole nitrogens is 1. The summed E-state index contributed by atoms with van der Waals surface area (Å²) in [7, 11) is 0. The van der Waals surface area contributed by atoms with Crippen molar-refractivity contribution in [3.63, 3.8) is 0 Å². The SMILES string of the molecule is O=C(Cc1ccccc1)NCC(=O)OCC(=O)c1c[nH]c(C(=O)N2CCCC2)c1. The van der Waals surface area contributed by atoms with E-state index in [0.29, 0.717) is 5.69 Å². The Labute approximate surface area is 168 Å². The minimum absolute atomic E-state index is 0.139. The van der Waals surface area contributed by atoms with Crippen LogP contribution in [0.25, 0.3) is 0 Å². The highest BCUT2D eigenvalue weighted by atomic mass is 16.5. The molecule has 8 heteroatoms. The molecule has 152 valence electrons. The van der Waals surface area contributed by atoms with Crippen LogP contribution in [0, 0.1) is 0 Å². The fourth-order valence-electron chi connectivity index (χ4n) is 3.06. The average molecular weight is 397 g/mol. The second kappa shape index (κ2) is 9.68. The van der Waals surface area contributed by atoms with Crippen molar-refractivity contribution in [2.75, 3.05) is 26.2 Å². The summed E-state index contributed by atoms with van der Waals surface area (Å²) in [5, 5.41) is 2.46. The largest absolute Gasteiger partial charge is 0.456 e. The molecule has 0 aliphatic carbocycles. The number of aromatic amines is 1. The first-order valence-corrected chi connectivity index (χ1v) is 9.50. The van der Waals surface area contributed by atoms with Gasteiger partial charge >= 0.3 is 5.97 Å². The normalized spacial score (nSPS) is 13.2. The minimum Gasteiger partial charge on any atom is -0.456 e. The number of nitrogens with one attached hydrogen (secondary N) is 2. The van der Waals surface area contributed by atoms with E-state index in [-0.39, 0.29) is 30.3 Å². The molecule has 2 aromatic rings. The van der Waals surface area contributed by atoms with Crippen LogP contribution < -0.4 is 5.32 Å². The lowest BCUT2D eigenvalue weighted by atomic mass is 10.1. The highest BCUT2D eigenvalue weighted by Gasteiger charge is 2.22. The lowest BCUT2D eigenvalue weighted by Crippen LogP contribution is -2.32. The molecule has 2 heterocycles. The molecule has 2 N–H and O–H groups in total. The summed E-state index contributed by atoms with van der Waals surface area (Å²) in [6.07, 6.45) is 3.55. The van der Waals surface area contributed by atoms with Crippen LogP contribution in [0.15, 0.2) is 42.6 Å². The maximum absolute atomic E-state index is 12.3. The van der Waals surface area contributed by atoms with E-state index in [2.05, 4.69) is 10.3 Å². The molecule has 29 heavy (non-hydrogen) atoms. The number of likely N-dealkylation sites (tertiary alicyclic amines) is 1. The summed E-state index contributed by atoms with van der Waals surface area (Å²) in [6.45, 7) is 0.664. The van der Waals surface area contributed by atoms with Crippen molar-refractivity contribution in [1.82, 2.24) is 15.2 Å². The van der Waals surface area contributed by atoms with Gasteiger partial charge in [-0.1, -0.05) is 30.3 Å². The van der Waals surface area contributed by atoms with Gasteiger partial charge in [0.15, 0.2) is 6.61 Å². The van der Waals surface area contributed by atoms with Gasteiger partial charge in [0.1, 0.15) is 12.2 Å². The van der Waals surface area contributed by atoms with Crippen molar-refractivity contribution in [2.24, 2.45) is 0 Å². The van der Waals surface area contributed by atoms with E-state index in [4.69, 9.17) is 4.74 Å². The fourth-order valence-corrected chi connectivity index (χ4v) is 3.06. The quantitative estimate of drug-likeness (QED) is 0.516. The van der Waals surface area contributed by atoms with Crippen LogP contribution in [0.1, 0.15) is 39.3 Å². The second-order valence-corrected chi connectivity index (χ2v) is 6.82. The highest BCUT2D eigenvalue weighted by molar-refractivity contribution is 6.01. The number of rotatable bonds is 8. The molecule has 0 atom stereocenters. The third-order valence-electron chi connectivity index (χ3n) is 4.63. The van der Waals surface area contributed by atoms with Crippen LogP contribution >= 0.6 is 0 Å². The number of esters is 1. The first-order chi connectivity index (χ1) is 14.0. The summed E-state index contributed by atoms with van der Waals surface area (Å²) < 4.78 is 4.92. The predicted molar refractivity (Wildman–Crippen MR) is 104 cm³/mol. The summed E-state index contributed by atoms with van der Waals surface area (Å²) in [4.78, 5) is 52.6. The monoisotopic (exact) mass is 397 g/mol. The van der Waals surface area contributed by atoms with E-state index in [9.17, 15) is 19.2 Å². The minimum atomic E-state index is -0.705. The number of hydrogen-bond acceptors (Lipinski definition) is 5. The number of carbonyl (C=O) groups excluding carboxylic acids is 4. The van der Waals surface area contributed by atoms with Crippen LogP contribution in [0.4, 0.5) is 0 Å². The van der Waals surface area contributed by atoms with Crippen molar-refractivity contribution in [3.05, 3.63) is 59.4 Å². The number of carbonyl (C=O) groups is 4. The zero-order valence-corrected chi connectivity index (χ0v) is 16.0. The number of Topliss-reactive ketones (excluding diaryl/α,β-unsaturated/α-hetero) is 1. The maximum Gasteiger partial charge on any atom is 0.325 e. The number of amides is 2. The maximum atomic E-state index is 12.3. The van der Waals surface area contributed by atoms with Gasteiger partial charge in [-0.25, -0.2) is 0 Å². The van der Waals surface area contributed by atoms with Gasteiger partial charge in [-0.05, 0) is 24.5 Å². The second-order valence-electron chi connectivity index (χ2n) is 6.82. The average Bonchev–Trinajstić information content (AvgIpc) is 3.43. The molecule has 1 aromatic heterocycles. The van der Waals surface area contributed by atoms with Gasteiger partial charge in [-0.2, -0.15) is 0 Å². The van der Waals surface area contributed by atoms with Crippen molar-refractivity contribution < 1.29 is 23.9 Å². The van der Waals surface area contributed by atoms with Gasteiger partial charge < -0.3 is 19.9 Å². The predicted octanol–water partition coefficient (Wildman–Crippen LogP) is 1.34. The number of benzene rings is 1. The third-order valence-corrected chi connectivity index (χ3v) is 4.63. The summed E-state index contributed by atoms with van der Waals surface area (Å²) in [5.74, 6) is -1.58. The van der Waals surface area contributed by atoms with Crippen LogP contribution in [0.2, 0.25) is 0 Å². The van der Waals surface area contributed by atoms with Crippen molar-refractivity contribution in [1.29, 1.82) is 0 Å². The van der Waals surface area contributed by atoms with Crippen LogP contribution in [-0.2, 0) is 20.7 Å². The van der Waals surface area contributed by atoms with Crippen molar-refractivity contribution in [2.45, 2.75) is 19.3 Å². The Bertz CT molecular complexity index is 885. The van der Waals surface area contributed by atoms with Crippen LogP contribution in [0.5, 0.6) is 0 Å². The molecular weight excluding hydrogens is 374 g/mol. The highest BCUT2D eigenvalue weighted by Crippen LogP contribution is 2.13. The molecule has 1 aliphatic heterocycles. The first-order valence-electron chi connectivity index (χ1n) is 9.50. The molecule has 8 nitrogen and oxygen atoms in total. The molecule has 1 aliphatic rings. The lowest BCUT2D eigenvalue weighted by molar-refractivity contribution is -0.142. The Morgan fingerprint density at radius 1 is 1.07 bits per heavy atom. The van der Waals surface area contributed by atoms with Gasteiger partial charge in [0.05, 0.1) is 6.42 Å². The van der Waals surface area contributed by atoms with Gasteiger partial charge in [0.25, 0.3) is 5.91 Å². The Morgan fingerprint density at radius 2 is 1.79 bits per heavy atom. The Hall–Kier alpha value is -3.42. The third kappa shape index (κ3) is 5.78. The molecule has 1 fully saturated rings. The molecular formula is C21H23N3O5. The van der Waals surface area contributed by atoms with E-state index in [1.807, 2.05) is 30.3 Å². The number of nitrogens with zero attached hydrogens (tertiary/aromatic N) is 1. The molecule has 0 spiro atoms.